The molecule has 0 saturated carbocycles. The molecule has 5 nitrogen and oxygen atoms in total. The quantitative estimate of drug-likeness (QED) is 0.889. The minimum atomic E-state index is -0.0101. The highest BCUT2D eigenvalue weighted by molar-refractivity contribution is 5.98. The van der Waals surface area contributed by atoms with Crippen LogP contribution in [-0.4, -0.2) is 50.7 Å². The smallest absolute Gasteiger partial charge is 0.257 e. The zero-order valence-electron chi connectivity index (χ0n) is 11.6. The first-order chi connectivity index (χ1) is 9.17. The van der Waals surface area contributed by atoms with E-state index in [2.05, 4.69) is 12.2 Å². The Balaban J connectivity index is 2.28. The van der Waals surface area contributed by atoms with Crippen LogP contribution >= 0.6 is 0 Å². The molecule has 1 amide bonds. The van der Waals surface area contributed by atoms with Crippen LogP contribution < -0.4 is 14.8 Å². The zero-order valence-corrected chi connectivity index (χ0v) is 11.6. The summed E-state index contributed by atoms with van der Waals surface area (Å²) >= 11 is 0. The molecule has 2 rings (SSSR count). The second-order valence-corrected chi connectivity index (χ2v) is 4.65. The van der Waals surface area contributed by atoms with Crippen LogP contribution in [0.2, 0.25) is 0 Å². The molecule has 1 N–H and O–H groups in total. The molecule has 1 fully saturated rings. The van der Waals surface area contributed by atoms with Crippen LogP contribution in [0.3, 0.4) is 0 Å². The third-order valence-electron chi connectivity index (χ3n) is 3.29. The van der Waals surface area contributed by atoms with Crippen molar-refractivity contribution in [2.75, 3.05) is 33.9 Å². The Morgan fingerprint density at radius 3 is 2.79 bits per heavy atom. The van der Waals surface area contributed by atoms with E-state index < -0.39 is 0 Å². The summed E-state index contributed by atoms with van der Waals surface area (Å²) in [6.07, 6.45) is 0. The molecule has 1 heterocycles. The maximum absolute atomic E-state index is 12.6. The highest BCUT2D eigenvalue weighted by Gasteiger charge is 2.25. The first-order valence-corrected chi connectivity index (χ1v) is 6.41. The number of amides is 1. The molecule has 1 aliphatic rings. The van der Waals surface area contributed by atoms with Crippen molar-refractivity contribution < 1.29 is 14.3 Å². The highest BCUT2D eigenvalue weighted by Crippen LogP contribution is 2.31. The summed E-state index contributed by atoms with van der Waals surface area (Å²) in [5.41, 5.74) is 0.552. The number of para-hydroxylation sites is 1. The fourth-order valence-electron chi connectivity index (χ4n) is 2.34. The second kappa shape index (κ2) is 5.93. The maximum Gasteiger partial charge on any atom is 0.257 e. The largest absolute Gasteiger partial charge is 0.493 e. The van der Waals surface area contributed by atoms with Gasteiger partial charge in [-0.05, 0) is 19.1 Å². The van der Waals surface area contributed by atoms with Crippen molar-refractivity contribution in [1.82, 2.24) is 10.2 Å². The number of nitrogens with zero attached hydrogens (tertiary/aromatic N) is 1. The van der Waals surface area contributed by atoms with Crippen molar-refractivity contribution in [2.24, 2.45) is 0 Å². The highest BCUT2D eigenvalue weighted by atomic mass is 16.5. The van der Waals surface area contributed by atoms with Gasteiger partial charge in [0.25, 0.3) is 5.91 Å². The van der Waals surface area contributed by atoms with Crippen molar-refractivity contribution >= 4 is 5.91 Å². The van der Waals surface area contributed by atoms with Crippen molar-refractivity contribution in [3.05, 3.63) is 23.8 Å². The van der Waals surface area contributed by atoms with E-state index in [4.69, 9.17) is 9.47 Å². The fourth-order valence-corrected chi connectivity index (χ4v) is 2.34. The molecule has 5 heteroatoms. The van der Waals surface area contributed by atoms with Crippen LogP contribution in [0.5, 0.6) is 11.5 Å². The Morgan fingerprint density at radius 2 is 2.16 bits per heavy atom. The van der Waals surface area contributed by atoms with Crippen molar-refractivity contribution in [1.29, 1.82) is 0 Å². The molecule has 1 aliphatic heterocycles. The lowest BCUT2D eigenvalue weighted by atomic mass is 10.1. The molecule has 104 valence electrons. The van der Waals surface area contributed by atoms with E-state index in [-0.39, 0.29) is 5.91 Å². The number of carbonyl (C=O) groups is 1. The van der Waals surface area contributed by atoms with Crippen molar-refractivity contribution in [3.63, 3.8) is 0 Å². The maximum atomic E-state index is 12.6. The lowest BCUT2D eigenvalue weighted by molar-refractivity contribution is 0.0705. The molecule has 1 aromatic rings. The van der Waals surface area contributed by atoms with Crippen LogP contribution in [0.4, 0.5) is 0 Å². The Labute approximate surface area is 113 Å². The van der Waals surface area contributed by atoms with Gasteiger partial charge < -0.3 is 19.7 Å². The van der Waals surface area contributed by atoms with Gasteiger partial charge in [0.1, 0.15) is 0 Å². The number of ether oxygens (including phenoxy) is 2. The minimum Gasteiger partial charge on any atom is -0.493 e. The normalized spacial score (nSPS) is 19.1. The topological polar surface area (TPSA) is 50.8 Å². The van der Waals surface area contributed by atoms with Gasteiger partial charge in [0.2, 0.25) is 0 Å². The molecule has 1 aromatic carbocycles. The Bertz CT molecular complexity index is 462. The monoisotopic (exact) mass is 264 g/mol. The molecule has 0 bridgehead atoms. The van der Waals surface area contributed by atoms with E-state index in [1.54, 1.807) is 32.4 Å². The average molecular weight is 264 g/mol. The van der Waals surface area contributed by atoms with Crippen LogP contribution in [0.1, 0.15) is 17.3 Å². The zero-order chi connectivity index (χ0) is 13.8. The minimum absolute atomic E-state index is 0.0101. The van der Waals surface area contributed by atoms with E-state index in [1.165, 1.54) is 0 Å². The first-order valence-electron chi connectivity index (χ1n) is 6.41. The summed E-state index contributed by atoms with van der Waals surface area (Å²) < 4.78 is 10.5. The van der Waals surface area contributed by atoms with Crippen molar-refractivity contribution in [3.8, 4) is 11.5 Å². The van der Waals surface area contributed by atoms with E-state index in [0.29, 0.717) is 36.2 Å². The van der Waals surface area contributed by atoms with Crippen LogP contribution in [0, 0.1) is 0 Å². The molecule has 0 radical (unpaired) electrons. The molecular formula is C14H20N2O3. The van der Waals surface area contributed by atoms with Gasteiger partial charge in [0.05, 0.1) is 19.8 Å². The number of rotatable bonds is 3. The third kappa shape index (κ3) is 2.81. The van der Waals surface area contributed by atoms with Gasteiger partial charge in [-0.3, -0.25) is 4.79 Å². The first kappa shape index (κ1) is 13.7. The number of hydrogen-bond donors (Lipinski definition) is 1. The van der Waals surface area contributed by atoms with Gasteiger partial charge in [-0.25, -0.2) is 0 Å². The lowest BCUT2D eigenvalue weighted by Crippen LogP contribution is -2.51. The Kier molecular flexibility index (Phi) is 4.27. The Morgan fingerprint density at radius 1 is 1.37 bits per heavy atom. The van der Waals surface area contributed by atoms with Crippen LogP contribution in [-0.2, 0) is 0 Å². The van der Waals surface area contributed by atoms with Gasteiger partial charge in [0, 0.05) is 25.7 Å². The summed E-state index contributed by atoms with van der Waals surface area (Å²) in [7, 11) is 3.12. The van der Waals surface area contributed by atoms with E-state index in [9.17, 15) is 4.79 Å². The summed E-state index contributed by atoms with van der Waals surface area (Å²) in [6, 6.07) is 5.68. The molecule has 1 atom stereocenters. The number of carbonyl (C=O) groups excluding carboxylic acids is 1. The van der Waals surface area contributed by atoms with E-state index in [0.717, 1.165) is 6.54 Å². The van der Waals surface area contributed by atoms with Gasteiger partial charge in [-0.1, -0.05) is 6.07 Å². The SMILES string of the molecule is COc1cccc(C(=O)N2CCN[C@@H](C)C2)c1OC. The van der Waals surface area contributed by atoms with E-state index in [1.807, 2.05) is 4.90 Å². The molecule has 0 unspecified atom stereocenters. The average Bonchev–Trinajstić information content (AvgIpc) is 2.45. The second-order valence-electron chi connectivity index (χ2n) is 4.65. The molecule has 1 saturated heterocycles. The van der Waals surface area contributed by atoms with Gasteiger partial charge in [-0.15, -0.1) is 0 Å². The van der Waals surface area contributed by atoms with Crippen molar-refractivity contribution in [2.45, 2.75) is 13.0 Å². The predicted molar refractivity (Wildman–Crippen MR) is 72.9 cm³/mol. The Hall–Kier alpha value is -1.75. The van der Waals surface area contributed by atoms with Crippen LogP contribution in [0.15, 0.2) is 18.2 Å². The van der Waals surface area contributed by atoms with E-state index >= 15 is 0 Å². The summed E-state index contributed by atoms with van der Waals surface area (Å²) in [6.45, 7) is 4.31. The molecule has 19 heavy (non-hydrogen) atoms. The summed E-state index contributed by atoms with van der Waals surface area (Å²) in [5, 5.41) is 3.32. The fraction of sp³-hybridized carbons (Fsp3) is 0.500. The summed E-state index contributed by atoms with van der Waals surface area (Å²) in [4.78, 5) is 14.4. The summed E-state index contributed by atoms with van der Waals surface area (Å²) in [5.74, 6) is 1.07. The number of methoxy groups -OCH3 is 2. The lowest BCUT2D eigenvalue weighted by Gasteiger charge is -2.32. The molecule has 0 aliphatic carbocycles. The number of hydrogen-bond acceptors (Lipinski definition) is 4. The molecular weight excluding hydrogens is 244 g/mol. The number of piperazine rings is 1. The van der Waals surface area contributed by atoms with Crippen LogP contribution in [0.25, 0.3) is 0 Å². The van der Waals surface area contributed by atoms with Gasteiger partial charge in [-0.2, -0.15) is 0 Å². The third-order valence-corrected chi connectivity index (χ3v) is 3.29. The predicted octanol–water partition coefficient (Wildman–Crippen LogP) is 1.14. The standard InChI is InChI=1S/C14H20N2O3/c1-10-9-16(8-7-15-10)14(17)11-5-4-6-12(18-2)13(11)19-3/h4-6,10,15H,7-9H2,1-3H3/t10-/m0/s1. The number of benzene rings is 1. The van der Waals surface area contributed by atoms with Gasteiger partial charge >= 0.3 is 0 Å². The molecule has 0 spiro atoms. The molecule has 0 aromatic heterocycles. The number of nitrogens with one attached hydrogen (secondary N) is 1. The van der Waals surface area contributed by atoms with Gasteiger partial charge in [0.15, 0.2) is 11.5 Å².